The number of hydrazine groups is 1. The van der Waals surface area contributed by atoms with Crippen molar-refractivity contribution < 1.29 is 13.2 Å². The van der Waals surface area contributed by atoms with Crippen molar-refractivity contribution in [3.05, 3.63) is 29.8 Å². The molecule has 0 unspecified atom stereocenters. The molecule has 3 N–H and O–H groups in total. The summed E-state index contributed by atoms with van der Waals surface area (Å²) in [5.74, 6) is -0.431. The maximum Gasteiger partial charge on any atom is 0.269 e. The molecular formula is C17H24N4O3S2. The monoisotopic (exact) mass is 396 g/mol. The van der Waals surface area contributed by atoms with Crippen molar-refractivity contribution >= 4 is 33.3 Å². The Bertz CT molecular complexity index is 770. The van der Waals surface area contributed by atoms with Gasteiger partial charge in [0.25, 0.3) is 5.91 Å². The number of carbonyl (C=O) groups is 1. The van der Waals surface area contributed by atoms with Gasteiger partial charge in [0.1, 0.15) is 0 Å². The molecule has 7 nitrogen and oxygen atoms in total. The number of thiocarbonyl (C=S) groups is 1. The molecule has 1 aromatic rings. The number of hydrogen-bond acceptors (Lipinski definition) is 4. The van der Waals surface area contributed by atoms with Crippen LogP contribution in [0.15, 0.2) is 29.2 Å². The Hall–Kier alpha value is -1.71. The lowest BCUT2D eigenvalue weighted by Gasteiger charge is -2.17. The quantitative estimate of drug-likeness (QED) is 0.528. The Morgan fingerprint density at radius 2 is 1.77 bits per heavy atom. The van der Waals surface area contributed by atoms with Gasteiger partial charge in [-0.25, -0.2) is 8.42 Å². The van der Waals surface area contributed by atoms with Crippen LogP contribution in [0.1, 0.15) is 48.9 Å². The molecule has 1 saturated carbocycles. The van der Waals surface area contributed by atoms with Crippen molar-refractivity contribution in [1.29, 1.82) is 0 Å². The molecule has 26 heavy (non-hydrogen) atoms. The molecule has 0 bridgehead atoms. The molecule has 3 rings (SSSR count). The van der Waals surface area contributed by atoms with Crippen LogP contribution in [0.3, 0.4) is 0 Å². The van der Waals surface area contributed by atoms with E-state index in [0.29, 0.717) is 24.2 Å². The number of nitrogens with zero attached hydrogens (tertiary/aromatic N) is 1. The van der Waals surface area contributed by atoms with Crippen LogP contribution in [0.5, 0.6) is 0 Å². The van der Waals surface area contributed by atoms with Gasteiger partial charge in [-0.05, 0) is 56.1 Å². The Balaban J connectivity index is 1.60. The van der Waals surface area contributed by atoms with E-state index in [1.54, 1.807) is 12.1 Å². The number of nitrogens with one attached hydrogen (secondary N) is 3. The third-order valence-electron chi connectivity index (χ3n) is 4.78. The van der Waals surface area contributed by atoms with E-state index < -0.39 is 15.9 Å². The lowest BCUT2D eigenvalue weighted by molar-refractivity contribution is 0.0943. The van der Waals surface area contributed by atoms with Crippen LogP contribution in [-0.4, -0.2) is 42.9 Å². The summed E-state index contributed by atoms with van der Waals surface area (Å²) in [6.45, 7) is 1.06. The van der Waals surface area contributed by atoms with E-state index in [4.69, 9.17) is 12.2 Å². The van der Waals surface area contributed by atoms with Crippen LogP contribution in [0.2, 0.25) is 0 Å². The molecule has 142 valence electrons. The van der Waals surface area contributed by atoms with Crippen molar-refractivity contribution in [3.8, 4) is 0 Å². The van der Waals surface area contributed by atoms with Gasteiger partial charge in [0.2, 0.25) is 10.0 Å². The standard InChI is InChI=1S/C17H24N4O3S2/c22-16(19-20-17(25)18-14-7-1-2-8-14)13-6-5-9-15(12-13)26(23,24)21-10-3-4-11-21/h5-6,9,12,14H,1-4,7-8,10-11H2,(H,19,22)(H2,18,20,25). The number of amides is 1. The number of rotatable bonds is 4. The van der Waals surface area contributed by atoms with E-state index in [1.807, 2.05) is 0 Å². The minimum Gasteiger partial charge on any atom is -0.359 e. The van der Waals surface area contributed by atoms with Gasteiger partial charge in [0, 0.05) is 24.7 Å². The largest absolute Gasteiger partial charge is 0.359 e. The molecule has 0 aromatic heterocycles. The molecule has 9 heteroatoms. The highest BCUT2D eigenvalue weighted by Gasteiger charge is 2.27. The van der Waals surface area contributed by atoms with Crippen molar-refractivity contribution in [2.24, 2.45) is 0 Å². The van der Waals surface area contributed by atoms with E-state index in [9.17, 15) is 13.2 Å². The zero-order chi connectivity index (χ0) is 18.6. The number of sulfonamides is 1. The first-order valence-electron chi connectivity index (χ1n) is 8.94. The normalized spacial score (nSPS) is 18.6. The molecule has 1 saturated heterocycles. The van der Waals surface area contributed by atoms with Crippen molar-refractivity contribution in [2.45, 2.75) is 49.5 Å². The maximum atomic E-state index is 12.6. The molecule has 1 aliphatic heterocycles. The van der Waals surface area contributed by atoms with E-state index in [2.05, 4.69) is 16.2 Å². The fraction of sp³-hybridized carbons (Fsp3) is 0.529. The predicted molar refractivity (Wildman–Crippen MR) is 103 cm³/mol. The summed E-state index contributed by atoms with van der Waals surface area (Å²) in [5, 5.41) is 3.53. The number of benzene rings is 1. The van der Waals surface area contributed by atoms with Crippen LogP contribution in [0.4, 0.5) is 0 Å². The first-order valence-corrected chi connectivity index (χ1v) is 10.8. The Morgan fingerprint density at radius 3 is 2.46 bits per heavy atom. The van der Waals surface area contributed by atoms with Gasteiger partial charge in [-0.3, -0.25) is 15.6 Å². The summed E-state index contributed by atoms with van der Waals surface area (Å²) in [6.07, 6.45) is 6.26. The van der Waals surface area contributed by atoms with Gasteiger partial charge in [0.15, 0.2) is 5.11 Å². The topological polar surface area (TPSA) is 90.5 Å². The van der Waals surface area contributed by atoms with Gasteiger partial charge in [0.05, 0.1) is 4.90 Å². The molecule has 1 amide bonds. The van der Waals surface area contributed by atoms with Gasteiger partial charge in [-0.2, -0.15) is 4.31 Å². The van der Waals surface area contributed by atoms with Crippen LogP contribution >= 0.6 is 12.2 Å². The third-order valence-corrected chi connectivity index (χ3v) is 6.89. The Kier molecular flexibility index (Phi) is 6.10. The molecule has 2 aliphatic rings. The van der Waals surface area contributed by atoms with Crippen molar-refractivity contribution in [3.63, 3.8) is 0 Å². The van der Waals surface area contributed by atoms with Crippen molar-refractivity contribution in [1.82, 2.24) is 20.5 Å². The fourth-order valence-electron chi connectivity index (χ4n) is 3.35. The highest BCUT2D eigenvalue weighted by atomic mass is 32.2. The van der Waals surface area contributed by atoms with Crippen LogP contribution < -0.4 is 16.2 Å². The SMILES string of the molecule is O=C(NNC(=S)NC1CCCC1)c1cccc(S(=O)(=O)N2CCCC2)c1. The summed E-state index contributed by atoms with van der Waals surface area (Å²) < 4.78 is 26.7. The molecular weight excluding hydrogens is 372 g/mol. The van der Waals surface area contributed by atoms with E-state index >= 15 is 0 Å². The van der Waals surface area contributed by atoms with Crippen LogP contribution in [0, 0.1) is 0 Å². The van der Waals surface area contributed by atoms with Gasteiger partial charge >= 0.3 is 0 Å². The molecule has 0 spiro atoms. The minimum absolute atomic E-state index is 0.138. The fourth-order valence-corrected chi connectivity index (χ4v) is 5.13. The predicted octanol–water partition coefficient (Wildman–Crippen LogP) is 1.52. The third kappa shape index (κ3) is 4.52. The second kappa shape index (κ2) is 8.32. The zero-order valence-electron chi connectivity index (χ0n) is 14.5. The first kappa shape index (κ1) is 19.1. The number of carbonyl (C=O) groups excluding carboxylic acids is 1. The van der Waals surface area contributed by atoms with Gasteiger partial charge in [-0.1, -0.05) is 18.9 Å². The van der Waals surface area contributed by atoms with Crippen molar-refractivity contribution in [2.75, 3.05) is 13.1 Å². The second-order valence-corrected chi connectivity index (χ2v) is 9.02. The summed E-state index contributed by atoms with van der Waals surface area (Å²) in [6, 6.07) is 6.42. The summed E-state index contributed by atoms with van der Waals surface area (Å²) in [4.78, 5) is 12.5. The Labute approximate surface area is 159 Å². The van der Waals surface area contributed by atoms with Gasteiger partial charge < -0.3 is 5.32 Å². The number of hydrogen-bond donors (Lipinski definition) is 3. The zero-order valence-corrected chi connectivity index (χ0v) is 16.2. The summed E-state index contributed by atoms with van der Waals surface area (Å²) >= 11 is 5.18. The van der Waals surface area contributed by atoms with Crippen LogP contribution in [-0.2, 0) is 10.0 Å². The lowest BCUT2D eigenvalue weighted by atomic mass is 10.2. The maximum absolute atomic E-state index is 12.6. The molecule has 1 aromatic carbocycles. The summed E-state index contributed by atoms with van der Waals surface area (Å²) in [5.41, 5.74) is 5.47. The van der Waals surface area contributed by atoms with E-state index in [1.165, 1.54) is 29.3 Å². The van der Waals surface area contributed by atoms with Gasteiger partial charge in [-0.15, -0.1) is 0 Å². The molecule has 2 fully saturated rings. The average Bonchev–Trinajstić information content (AvgIpc) is 3.34. The molecule has 1 heterocycles. The van der Waals surface area contributed by atoms with E-state index in [-0.39, 0.29) is 10.5 Å². The van der Waals surface area contributed by atoms with Crippen LogP contribution in [0.25, 0.3) is 0 Å². The average molecular weight is 397 g/mol. The molecule has 0 radical (unpaired) electrons. The molecule has 0 atom stereocenters. The lowest BCUT2D eigenvalue weighted by Crippen LogP contribution is -2.49. The highest BCUT2D eigenvalue weighted by Crippen LogP contribution is 2.21. The highest BCUT2D eigenvalue weighted by molar-refractivity contribution is 7.89. The van der Waals surface area contributed by atoms with E-state index in [0.717, 1.165) is 25.7 Å². The Morgan fingerprint density at radius 1 is 1.08 bits per heavy atom. The second-order valence-electron chi connectivity index (χ2n) is 6.67. The minimum atomic E-state index is -3.55. The molecule has 1 aliphatic carbocycles. The summed E-state index contributed by atoms with van der Waals surface area (Å²) in [7, 11) is -3.55. The first-order chi connectivity index (χ1) is 12.5. The smallest absolute Gasteiger partial charge is 0.269 e.